The molecule has 8 heteroatoms. The van der Waals surface area contributed by atoms with Crippen molar-refractivity contribution >= 4 is 51.7 Å². The number of carbonyl (C=O) groups is 1. The summed E-state index contributed by atoms with van der Waals surface area (Å²) in [6.45, 7) is 10.2. The minimum atomic E-state index is -0.166. The summed E-state index contributed by atoms with van der Waals surface area (Å²) in [4.78, 5) is 35.8. The fourth-order valence-corrected chi connectivity index (χ4v) is 5.91. The van der Waals surface area contributed by atoms with Gasteiger partial charge < -0.3 is 4.90 Å². The Morgan fingerprint density at radius 1 is 1.26 bits per heavy atom. The number of thioether (sulfide) groups is 1. The van der Waals surface area contributed by atoms with Crippen molar-refractivity contribution < 1.29 is 4.79 Å². The molecule has 6 nitrogen and oxygen atoms in total. The smallest absolute Gasteiger partial charge is 0.267 e. The zero-order valence-corrected chi connectivity index (χ0v) is 20.0. The van der Waals surface area contributed by atoms with E-state index in [1.165, 1.54) is 11.8 Å². The Morgan fingerprint density at radius 2 is 1.97 bits per heavy atom. The quantitative estimate of drug-likeness (QED) is 0.508. The molecule has 0 N–H and O–H groups in total. The van der Waals surface area contributed by atoms with E-state index in [-0.39, 0.29) is 17.5 Å². The molecule has 0 radical (unpaired) electrons. The van der Waals surface area contributed by atoms with Crippen LogP contribution in [0.25, 0.3) is 11.7 Å². The predicted octanol–water partition coefficient (Wildman–Crippen LogP) is 4.18. The fraction of sp³-hybridized carbons (Fsp3) is 0.478. The number of nitrogens with zero attached hydrogens (tertiary/aromatic N) is 4. The van der Waals surface area contributed by atoms with E-state index in [4.69, 9.17) is 17.2 Å². The van der Waals surface area contributed by atoms with E-state index in [1.807, 2.05) is 32.0 Å². The first-order chi connectivity index (χ1) is 14.8. The summed E-state index contributed by atoms with van der Waals surface area (Å²) in [5.41, 5.74) is 0.896. The summed E-state index contributed by atoms with van der Waals surface area (Å²) in [5.74, 6) is 1.55. The molecular formula is C23H28N4O2S2. The molecule has 0 unspecified atom stereocenters. The third kappa shape index (κ3) is 4.15. The molecular weight excluding hydrogens is 428 g/mol. The van der Waals surface area contributed by atoms with Gasteiger partial charge in [0, 0.05) is 25.3 Å². The minimum Gasteiger partial charge on any atom is -0.355 e. The molecule has 0 spiro atoms. The molecule has 31 heavy (non-hydrogen) atoms. The topological polar surface area (TPSA) is 57.9 Å². The van der Waals surface area contributed by atoms with Gasteiger partial charge in [0.05, 0.1) is 10.5 Å². The molecule has 0 aliphatic carbocycles. The van der Waals surface area contributed by atoms with Gasteiger partial charge in [-0.15, -0.1) is 0 Å². The fourth-order valence-electron chi connectivity index (χ4n) is 4.47. The summed E-state index contributed by atoms with van der Waals surface area (Å²) < 4.78 is 2.09. The van der Waals surface area contributed by atoms with Gasteiger partial charge in [0.25, 0.3) is 11.5 Å². The summed E-state index contributed by atoms with van der Waals surface area (Å²) in [5, 5.41) is 0. The molecule has 4 rings (SSSR count). The van der Waals surface area contributed by atoms with Gasteiger partial charge in [0.2, 0.25) is 0 Å². The van der Waals surface area contributed by atoms with Gasteiger partial charge in [-0.05, 0) is 49.8 Å². The molecule has 164 valence electrons. The van der Waals surface area contributed by atoms with Crippen LogP contribution in [0.2, 0.25) is 0 Å². The average molecular weight is 457 g/mol. The Balaban J connectivity index is 1.86. The predicted molar refractivity (Wildman–Crippen MR) is 131 cm³/mol. The lowest BCUT2D eigenvalue weighted by molar-refractivity contribution is -0.123. The second kappa shape index (κ2) is 8.74. The van der Waals surface area contributed by atoms with Gasteiger partial charge in [-0.25, -0.2) is 4.98 Å². The van der Waals surface area contributed by atoms with E-state index >= 15 is 0 Å². The number of aromatic nitrogens is 2. The number of carbonyl (C=O) groups excluding carboxylic acids is 1. The Bertz CT molecular complexity index is 1120. The monoisotopic (exact) mass is 456 g/mol. The van der Waals surface area contributed by atoms with Crippen molar-refractivity contribution in [1.82, 2.24) is 14.3 Å². The summed E-state index contributed by atoms with van der Waals surface area (Å²) in [7, 11) is 0. The van der Waals surface area contributed by atoms with E-state index in [2.05, 4.69) is 18.7 Å². The molecule has 2 aromatic heterocycles. The molecule has 2 aromatic rings. The number of pyridine rings is 1. The largest absolute Gasteiger partial charge is 0.355 e. The second-order valence-electron chi connectivity index (χ2n) is 8.74. The molecule has 2 fully saturated rings. The number of piperidine rings is 1. The van der Waals surface area contributed by atoms with Gasteiger partial charge in [-0.3, -0.25) is 18.9 Å². The van der Waals surface area contributed by atoms with Crippen molar-refractivity contribution in [2.45, 2.75) is 46.6 Å². The lowest BCUT2D eigenvalue weighted by Crippen LogP contribution is -2.40. The summed E-state index contributed by atoms with van der Waals surface area (Å²) in [6, 6.07) is 5.56. The maximum absolute atomic E-state index is 13.5. The molecule has 4 heterocycles. The molecule has 0 aromatic carbocycles. The van der Waals surface area contributed by atoms with Crippen molar-refractivity contribution in [3.63, 3.8) is 0 Å². The molecule has 1 amide bonds. The molecule has 2 aliphatic rings. The average Bonchev–Trinajstić information content (AvgIpc) is 3.01. The van der Waals surface area contributed by atoms with Crippen molar-refractivity contribution in [3.8, 4) is 0 Å². The van der Waals surface area contributed by atoms with E-state index in [1.54, 1.807) is 21.6 Å². The molecule has 2 saturated heterocycles. The zero-order chi connectivity index (χ0) is 22.3. The minimum absolute atomic E-state index is 0.0255. The van der Waals surface area contributed by atoms with Gasteiger partial charge in [0.15, 0.2) is 0 Å². The highest BCUT2D eigenvalue weighted by molar-refractivity contribution is 8.26. The first-order valence-corrected chi connectivity index (χ1v) is 12.1. The molecule has 0 bridgehead atoms. The standard InChI is InChI=1S/C23H28N4O2S2/c1-5-16(4)27-22(29)18(31-23(27)30)11-17-20(25-12-14(2)10-15(3)13-25)24-19-8-6-7-9-26(19)21(17)28/h6-9,11,14-16H,5,10,12-13H2,1-4H3/b18-11+/t14-,15+,16-/m0/s1. The van der Waals surface area contributed by atoms with Crippen LogP contribution in [0, 0.1) is 11.8 Å². The number of fused-ring (bicyclic) bond motifs is 1. The van der Waals surface area contributed by atoms with Crippen molar-refractivity contribution in [2.75, 3.05) is 18.0 Å². The highest BCUT2D eigenvalue weighted by Gasteiger charge is 2.35. The number of rotatable bonds is 4. The van der Waals surface area contributed by atoms with Crippen molar-refractivity contribution in [1.29, 1.82) is 0 Å². The first kappa shape index (κ1) is 22.0. The number of amides is 1. The van der Waals surface area contributed by atoms with Crippen LogP contribution in [0.5, 0.6) is 0 Å². The Hall–Kier alpha value is -2.19. The van der Waals surface area contributed by atoms with Gasteiger partial charge in [-0.1, -0.05) is 50.8 Å². The van der Waals surface area contributed by atoms with E-state index in [9.17, 15) is 9.59 Å². The van der Waals surface area contributed by atoms with Crippen LogP contribution in [0.4, 0.5) is 5.82 Å². The molecule has 3 atom stereocenters. The Labute approximate surface area is 192 Å². The Morgan fingerprint density at radius 3 is 2.65 bits per heavy atom. The summed E-state index contributed by atoms with van der Waals surface area (Å²) >= 11 is 6.74. The first-order valence-electron chi connectivity index (χ1n) is 10.8. The summed E-state index contributed by atoms with van der Waals surface area (Å²) in [6.07, 6.45) is 5.40. The second-order valence-corrected chi connectivity index (χ2v) is 10.4. The maximum Gasteiger partial charge on any atom is 0.267 e. The zero-order valence-electron chi connectivity index (χ0n) is 18.4. The molecule has 2 aliphatic heterocycles. The lowest BCUT2D eigenvalue weighted by atomic mass is 9.91. The van der Waals surface area contributed by atoms with Crippen LogP contribution < -0.4 is 10.5 Å². The van der Waals surface area contributed by atoms with Crippen molar-refractivity contribution in [3.05, 3.63) is 45.2 Å². The van der Waals surface area contributed by atoms with Crippen LogP contribution in [-0.2, 0) is 4.79 Å². The van der Waals surface area contributed by atoms with Crippen LogP contribution in [0.1, 0.15) is 46.1 Å². The highest BCUT2D eigenvalue weighted by atomic mass is 32.2. The van der Waals surface area contributed by atoms with Gasteiger partial charge in [0.1, 0.15) is 15.8 Å². The third-order valence-electron chi connectivity index (χ3n) is 6.05. The number of hydrogen-bond acceptors (Lipinski definition) is 6. The van der Waals surface area contributed by atoms with Crippen LogP contribution in [-0.4, -0.2) is 43.6 Å². The maximum atomic E-state index is 13.5. The SMILES string of the molecule is CC[C@H](C)N1C(=O)/C(=C\c2c(N3C[C@H](C)C[C@H](C)C3)nc3ccccn3c2=O)SC1=S. The Kier molecular flexibility index (Phi) is 6.21. The van der Waals surface area contributed by atoms with Gasteiger partial charge >= 0.3 is 0 Å². The van der Waals surface area contributed by atoms with Gasteiger partial charge in [-0.2, -0.15) is 0 Å². The number of anilines is 1. The van der Waals surface area contributed by atoms with Crippen LogP contribution >= 0.6 is 24.0 Å². The third-order valence-corrected chi connectivity index (χ3v) is 7.38. The normalized spacial score (nSPS) is 24.5. The van der Waals surface area contributed by atoms with E-state index in [0.29, 0.717) is 38.1 Å². The van der Waals surface area contributed by atoms with Crippen molar-refractivity contribution in [2.24, 2.45) is 11.8 Å². The van der Waals surface area contributed by atoms with Crippen LogP contribution in [0.3, 0.4) is 0 Å². The van der Waals surface area contributed by atoms with E-state index in [0.717, 1.165) is 25.9 Å². The molecule has 0 saturated carbocycles. The van der Waals surface area contributed by atoms with E-state index < -0.39 is 0 Å². The number of hydrogen-bond donors (Lipinski definition) is 0. The highest BCUT2D eigenvalue weighted by Crippen LogP contribution is 2.36. The number of thiocarbonyl (C=S) groups is 1. The lowest BCUT2D eigenvalue weighted by Gasteiger charge is -2.36. The van der Waals surface area contributed by atoms with Crippen LogP contribution in [0.15, 0.2) is 34.1 Å².